The van der Waals surface area contributed by atoms with Gasteiger partial charge in [0, 0.05) is 36.3 Å². The standard InChI is InChI=1S/C20H22N2O4/c1-11(23)12-9-26-10-20(25)14(12)7-16-19(8-17(20)21-16)13-5-3-4-6-15(13)22(2)18(19)24/h3-6,9,14,16-17,21,25H,7-8,10H2,1-2H3/t14-,16-,17-,19-,20-/m0/s1. The molecule has 4 heterocycles. The molecule has 1 amide bonds. The number of amides is 1. The summed E-state index contributed by atoms with van der Waals surface area (Å²) < 4.78 is 5.47. The zero-order valence-corrected chi connectivity index (χ0v) is 14.9. The lowest BCUT2D eigenvalue weighted by molar-refractivity contribution is -0.126. The van der Waals surface area contributed by atoms with E-state index in [1.807, 2.05) is 31.3 Å². The van der Waals surface area contributed by atoms with Crippen LogP contribution in [0.4, 0.5) is 5.69 Å². The van der Waals surface area contributed by atoms with Gasteiger partial charge >= 0.3 is 0 Å². The van der Waals surface area contributed by atoms with E-state index >= 15 is 0 Å². The van der Waals surface area contributed by atoms with Gasteiger partial charge < -0.3 is 20.1 Å². The Balaban J connectivity index is 1.64. The molecule has 1 aromatic carbocycles. The zero-order valence-electron chi connectivity index (χ0n) is 14.9. The summed E-state index contributed by atoms with van der Waals surface area (Å²) >= 11 is 0. The lowest BCUT2D eigenvalue weighted by Crippen LogP contribution is -2.64. The summed E-state index contributed by atoms with van der Waals surface area (Å²) in [5.41, 5.74) is 0.612. The van der Waals surface area contributed by atoms with Gasteiger partial charge in [-0.05, 0) is 31.4 Å². The third-order valence-corrected chi connectivity index (χ3v) is 6.94. The molecule has 6 nitrogen and oxygen atoms in total. The minimum absolute atomic E-state index is 0.0650. The van der Waals surface area contributed by atoms with Crippen molar-refractivity contribution < 1.29 is 19.4 Å². The number of hydrogen-bond acceptors (Lipinski definition) is 5. The van der Waals surface area contributed by atoms with Crippen LogP contribution in [0.2, 0.25) is 0 Å². The topological polar surface area (TPSA) is 78.9 Å². The molecule has 0 unspecified atom stereocenters. The number of aliphatic hydroxyl groups is 1. The summed E-state index contributed by atoms with van der Waals surface area (Å²) in [5, 5.41) is 14.9. The van der Waals surface area contributed by atoms with Gasteiger partial charge in [-0.25, -0.2) is 0 Å². The van der Waals surface area contributed by atoms with E-state index in [9.17, 15) is 14.7 Å². The molecule has 1 spiro atoms. The summed E-state index contributed by atoms with van der Waals surface area (Å²) in [4.78, 5) is 27.2. The van der Waals surface area contributed by atoms with Crippen LogP contribution in [0.25, 0.3) is 0 Å². The average Bonchev–Trinajstić information content (AvgIpc) is 3.07. The summed E-state index contributed by atoms with van der Waals surface area (Å²) in [7, 11) is 1.81. The zero-order chi connectivity index (χ0) is 18.3. The monoisotopic (exact) mass is 354 g/mol. The van der Waals surface area contributed by atoms with Crippen molar-refractivity contribution in [3.05, 3.63) is 41.7 Å². The van der Waals surface area contributed by atoms with Crippen LogP contribution in [0.1, 0.15) is 25.3 Å². The normalized spacial score (nSPS) is 40.1. The molecule has 2 fully saturated rings. The van der Waals surface area contributed by atoms with Gasteiger partial charge in [0.1, 0.15) is 12.2 Å². The average molecular weight is 354 g/mol. The molecule has 4 aliphatic heterocycles. The number of piperidine rings is 1. The van der Waals surface area contributed by atoms with Crippen LogP contribution in [0.15, 0.2) is 36.1 Å². The number of rotatable bonds is 1. The molecular weight excluding hydrogens is 332 g/mol. The molecule has 0 saturated carbocycles. The first-order valence-corrected chi connectivity index (χ1v) is 9.08. The number of anilines is 1. The van der Waals surface area contributed by atoms with E-state index in [1.165, 1.54) is 13.2 Å². The summed E-state index contributed by atoms with van der Waals surface area (Å²) in [5.74, 6) is -0.329. The van der Waals surface area contributed by atoms with E-state index in [2.05, 4.69) is 5.32 Å². The molecular formula is C20H22N2O4. The Hall–Kier alpha value is -2.18. The number of nitrogens with zero attached hydrogens (tertiary/aromatic N) is 1. The Morgan fingerprint density at radius 3 is 2.88 bits per heavy atom. The number of para-hydroxylation sites is 1. The molecule has 0 radical (unpaired) electrons. The van der Waals surface area contributed by atoms with Crippen molar-refractivity contribution in [2.24, 2.45) is 5.92 Å². The number of hydrogen-bond donors (Lipinski definition) is 2. The number of benzene rings is 1. The smallest absolute Gasteiger partial charge is 0.239 e. The number of carbonyl (C=O) groups is 2. The van der Waals surface area contributed by atoms with E-state index in [0.717, 1.165) is 11.3 Å². The number of likely N-dealkylation sites (N-methyl/N-ethyl adjacent to an activating group) is 1. The molecule has 136 valence electrons. The van der Waals surface area contributed by atoms with Crippen molar-refractivity contribution in [1.29, 1.82) is 0 Å². The van der Waals surface area contributed by atoms with Crippen molar-refractivity contribution in [3.63, 3.8) is 0 Å². The van der Waals surface area contributed by atoms with E-state index in [-0.39, 0.29) is 36.3 Å². The highest BCUT2D eigenvalue weighted by Crippen LogP contribution is 2.56. The molecule has 5 rings (SSSR count). The third-order valence-electron chi connectivity index (χ3n) is 6.94. The highest BCUT2D eigenvalue weighted by atomic mass is 16.5. The maximum absolute atomic E-state index is 13.3. The highest BCUT2D eigenvalue weighted by Gasteiger charge is 2.68. The number of nitrogens with one attached hydrogen (secondary N) is 1. The second-order valence-electron chi connectivity index (χ2n) is 8.05. The number of ketones is 1. The predicted molar refractivity (Wildman–Crippen MR) is 94.6 cm³/mol. The Morgan fingerprint density at radius 1 is 1.35 bits per heavy atom. The van der Waals surface area contributed by atoms with E-state index in [4.69, 9.17) is 4.74 Å². The van der Waals surface area contributed by atoms with Gasteiger partial charge in [0.2, 0.25) is 5.91 Å². The van der Waals surface area contributed by atoms with Gasteiger partial charge in [-0.3, -0.25) is 9.59 Å². The van der Waals surface area contributed by atoms with Crippen LogP contribution in [0, 0.1) is 5.92 Å². The number of ether oxygens (including phenoxy) is 1. The number of Topliss-reactive ketones (excluding diaryl/α,β-unsaturated/α-hetero) is 1. The molecule has 2 bridgehead atoms. The Bertz CT molecular complexity index is 865. The van der Waals surface area contributed by atoms with Crippen molar-refractivity contribution in [2.45, 2.75) is 42.9 Å². The molecule has 4 aliphatic rings. The molecule has 5 atom stereocenters. The fraction of sp³-hybridized carbons (Fsp3) is 0.500. The van der Waals surface area contributed by atoms with Crippen molar-refractivity contribution >= 4 is 17.4 Å². The SMILES string of the molecule is CC(=O)C1=COC[C@@]2(O)[C@@H]3C[C@@]4(C(=O)N(C)c5ccccc54)[C@H](C[C@@H]12)N3. The fourth-order valence-corrected chi connectivity index (χ4v) is 5.66. The Kier molecular flexibility index (Phi) is 3.06. The minimum atomic E-state index is -1.17. The molecule has 2 N–H and O–H groups in total. The molecule has 2 saturated heterocycles. The maximum Gasteiger partial charge on any atom is 0.239 e. The Morgan fingerprint density at radius 2 is 2.12 bits per heavy atom. The molecule has 0 aliphatic carbocycles. The van der Waals surface area contributed by atoms with Crippen LogP contribution >= 0.6 is 0 Å². The van der Waals surface area contributed by atoms with Gasteiger partial charge in [0.05, 0.1) is 11.7 Å². The van der Waals surface area contributed by atoms with Crippen LogP contribution in [0.5, 0.6) is 0 Å². The lowest BCUT2D eigenvalue weighted by atomic mass is 9.70. The second kappa shape index (κ2) is 4.96. The molecule has 26 heavy (non-hydrogen) atoms. The minimum Gasteiger partial charge on any atom is -0.498 e. The van der Waals surface area contributed by atoms with Gasteiger partial charge in [0.15, 0.2) is 5.78 Å². The quantitative estimate of drug-likeness (QED) is 0.783. The second-order valence-corrected chi connectivity index (χ2v) is 8.05. The summed E-state index contributed by atoms with van der Waals surface area (Å²) in [6.45, 7) is 1.64. The first kappa shape index (κ1) is 16.0. The first-order valence-electron chi connectivity index (χ1n) is 9.08. The van der Waals surface area contributed by atoms with E-state index in [0.29, 0.717) is 18.4 Å². The van der Waals surface area contributed by atoms with Crippen LogP contribution in [0.3, 0.4) is 0 Å². The largest absolute Gasteiger partial charge is 0.498 e. The van der Waals surface area contributed by atoms with Gasteiger partial charge in [0.25, 0.3) is 0 Å². The van der Waals surface area contributed by atoms with Crippen LogP contribution in [-0.4, -0.2) is 48.1 Å². The lowest BCUT2D eigenvalue weighted by Gasteiger charge is -2.47. The van der Waals surface area contributed by atoms with Gasteiger partial charge in [-0.1, -0.05) is 18.2 Å². The van der Waals surface area contributed by atoms with E-state index < -0.39 is 11.0 Å². The molecule has 0 aromatic heterocycles. The highest BCUT2D eigenvalue weighted by molar-refractivity contribution is 6.09. The van der Waals surface area contributed by atoms with Crippen molar-refractivity contribution in [1.82, 2.24) is 5.32 Å². The fourth-order valence-electron chi connectivity index (χ4n) is 5.66. The molecule has 6 heteroatoms. The first-order chi connectivity index (χ1) is 12.4. The molecule has 1 aromatic rings. The Labute approximate surface area is 151 Å². The van der Waals surface area contributed by atoms with Crippen LogP contribution in [-0.2, 0) is 19.7 Å². The van der Waals surface area contributed by atoms with Crippen LogP contribution < -0.4 is 10.2 Å². The summed E-state index contributed by atoms with van der Waals surface area (Å²) in [6.07, 6.45) is 2.55. The van der Waals surface area contributed by atoms with Crippen molar-refractivity contribution in [3.8, 4) is 0 Å². The number of carbonyl (C=O) groups excluding carboxylic acids is 2. The van der Waals surface area contributed by atoms with Gasteiger partial charge in [-0.2, -0.15) is 0 Å². The maximum atomic E-state index is 13.3. The summed E-state index contributed by atoms with van der Waals surface area (Å²) in [6, 6.07) is 7.48. The van der Waals surface area contributed by atoms with Gasteiger partial charge in [-0.15, -0.1) is 0 Å². The van der Waals surface area contributed by atoms with Crippen molar-refractivity contribution in [2.75, 3.05) is 18.6 Å². The predicted octanol–water partition coefficient (Wildman–Crippen LogP) is 0.885. The van der Waals surface area contributed by atoms with E-state index in [1.54, 1.807) is 4.90 Å². The number of fused-ring (bicyclic) bond motifs is 7. The third kappa shape index (κ3) is 1.69.